The van der Waals surface area contributed by atoms with Crippen LogP contribution in [-0.4, -0.2) is 26.9 Å². The zero-order valence-corrected chi connectivity index (χ0v) is 14.2. The minimum Gasteiger partial charge on any atom is -0.439 e. The second-order valence-electron chi connectivity index (χ2n) is 5.81. The van der Waals surface area contributed by atoms with Gasteiger partial charge in [0, 0.05) is 24.5 Å². The van der Waals surface area contributed by atoms with Crippen LogP contribution in [0.25, 0.3) is 11.1 Å². The van der Waals surface area contributed by atoms with Crippen molar-refractivity contribution in [1.29, 1.82) is 0 Å². The van der Waals surface area contributed by atoms with Crippen LogP contribution in [0.15, 0.2) is 22.6 Å². The number of nitro groups is 1. The molecule has 0 radical (unpaired) electrons. The number of oxazole rings is 1. The first kappa shape index (κ1) is 19.3. The molecule has 0 spiro atoms. The molecule has 1 aromatic heterocycles. The molecule has 0 bridgehead atoms. The molecule has 1 atom stereocenters. The number of fused-ring (bicyclic) bond motifs is 1. The van der Waals surface area contributed by atoms with Gasteiger partial charge in [-0.3, -0.25) is 24.9 Å². The molecule has 2 rings (SSSR count). The summed E-state index contributed by atoms with van der Waals surface area (Å²) in [6.45, 7) is 1.96. The quantitative estimate of drug-likeness (QED) is 0.350. The van der Waals surface area contributed by atoms with Crippen LogP contribution in [0.2, 0.25) is 0 Å². The summed E-state index contributed by atoms with van der Waals surface area (Å²) in [5.41, 5.74) is 2.13. The molecule has 1 heterocycles. The van der Waals surface area contributed by atoms with Gasteiger partial charge in [-0.05, 0) is 12.5 Å². The zero-order chi connectivity index (χ0) is 19.1. The molecule has 0 unspecified atom stereocenters. The predicted molar refractivity (Wildman–Crippen MR) is 90.1 cm³/mol. The van der Waals surface area contributed by atoms with E-state index in [1.807, 2.05) is 6.92 Å². The fourth-order valence-electron chi connectivity index (χ4n) is 2.51. The van der Waals surface area contributed by atoms with Gasteiger partial charge in [0.2, 0.25) is 17.7 Å². The van der Waals surface area contributed by atoms with Gasteiger partial charge in [0.05, 0.1) is 11.5 Å². The van der Waals surface area contributed by atoms with Crippen molar-refractivity contribution in [2.75, 3.05) is 0 Å². The van der Waals surface area contributed by atoms with E-state index in [4.69, 9.17) is 9.62 Å². The minimum absolute atomic E-state index is 0.00925. The number of nitro benzene ring substituents is 1. The molecule has 10 heteroatoms. The number of benzene rings is 1. The van der Waals surface area contributed by atoms with E-state index in [0.717, 1.165) is 12.8 Å². The normalized spacial score (nSPS) is 11.9. The van der Waals surface area contributed by atoms with E-state index in [2.05, 4.69) is 10.3 Å². The van der Waals surface area contributed by atoms with E-state index >= 15 is 0 Å². The lowest BCUT2D eigenvalue weighted by atomic mass is 9.97. The van der Waals surface area contributed by atoms with Crippen LogP contribution in [0.4, 0.5) is 5.69 Å². The predicted octanol–water partition coefficient (Wildman–Crippen LogP) is 2.05. The lowest BCUT2D eigenvalue weighted by molar-refractivity contribution is -0.384. The van der Waals surface area contributed by atoms with Crippen molar-refractivity contribution in [3.05, 3.63) is 34.2 Å². The molecule has 140 valence electrons. The third-order valence-corrected chi connectivity index (χ3v) is 3.87. The number of carbonyl (C=O) groups excluding carboxylic acids is 2. The summed E-state index contributed by atoms with van der Waals surface area (Å²) in [4.78, 5) is 38.0. The summed E-state index contributed by atoms with van der Waals surface area (Å²) in [6.07, 6.45) is 2.02. The molecule has 26 heavy (non-hydrogen) atoms. The molecule has 2 aromatic rings. The maximum Gasteiger partial charge on any atom is 0.271 e. The van der Waals surface area contributed by atoms with Gasteiger partial charge in [-0.2, -0.15) is 0 Å². The number of nitrogens with one attached hydrogen (secondary N) is 2. The first-order chi connectivity index (χ1) is 12.4. The molecule has 0 saturated carbocycles. The second-order valence-corrected chi connectivity index (χ2v) is 5.81. The molecule has 1 aromatic carbocycles. The van der Waals surface area contributed by atoms with Crippen molar-refractivity contribution in [3.8, 4) is 0 Å². The number of amides is 2. The summed E-state index contributed by atoms with van der Waals surface area (Å²) in [7, 11) is 0. The van der Waals surface area contributed by atoms with Crippen LogP contribution in [0.5, 0.6) is 0 Å². The van der Waals surface area contributed by atoms with Crippen molar-refractivity contribution in [1.82, 2.24) is 15.8 Å². The van der Waals surface area contributed by atoms with Crippen LogP contribution in [0.3, 0.4) is 0 Å². The van der Waals surface area contributed by atoms with Crippen molar-refractivity contribution >= 4 is 28.6 Å². The van der Waals surface area contributed by atoms with E-state index in [9.17, 15) is 19.7 Å². The van der Waals surface area contributed by atoms with Gasteiger partial charge in [-0.25, -0.2) is 10.5 Å². The summed E-state index contributed by atoms with van der Waals surface area (Å²) < 4.78 is 5.45. The SMILES string of the molecule is CCCC[C@H](CC(=O)NO)C(=O)NCc1nc2cc([N+](=O)[O-])ccc2o1. The van der Waals surface area contributed by atoms with Crippen molar-refractivity contribution in [2.45, 2.75) is 39.2 Å². The molecule has 2 amide bonds. The van der Waals surface area contributed by atoms with E-state index < -0.39 is 16.7 Å². The van der Waals surface area contributed by atoms with Crippen molar-refractivity contribution in [2.24, 2.45) is 5.92 Å². The maximum atomic E-state index is 12.3. The van der Waals surface area contributed by atoms with Crippen LogP contribution in [0.1, 0.15) is 38.5 Å². The maximum absolute atomic E-state index is 12.3. The van der Waals surface area contributed by atoms with Crippen molar-refractivity contribution in [3.63, 3.8) is 0 Å². The molecule has 0 aliphatic rings. The van der Waals surface area contributed by atoms with Crippen LogP contribution in [-0.2, 0) is 16.1 Å². The number of hydroxylamine groups is 1. The van der Waals surface area contributed by atoms with Gasteiger partial charge >= 0.3 is 0 Å². The van der Waals surface area contributed by atoms with E-state index in [1.165, 1.54) is 23.7 Å². The largest absolute Gasteiger partial charge is 0.439 e. The summed E-state index contributed by atoms with van der Waals surface area (Å²) in [5, 5.41) is 22.1. The minimum atomic E-state index is -0.629. The fourth-order valence-corrected chi connectivity index (χ4v) is 2.51. The molecule has 3 N–H and O–H groups in total. The zero-order valence-electron chi connectivity index (χ0n) is 14.2. The van der Waals surface area contributed by atoms with Crippen LogP contribution >= 0.6 is 0 Å². The first-order valence-corrected chi connectivity index (χ1v) is 8.19. The van der Waals surface area contributed by atoms with Crippen LogP contribution in [0, 0.1) is 16.0 Å². The highest BCUT2D eigenvalue weighted by molar-refractivity contribution is 5.85. The number of hydrogen-bond donors (Lipinski definition) is 3. The van der Waals surface area contributed by atoms with E-state index in [0.29, 0.717) is 17.5 Å². The first-order valence-electron chi connectivity index (χ1n) is 8.19. The Kier molecular flexibility index (Phi) is 6.61. The highest BCUT2D eigenvalue weighted by Gasteiger charge is 2.22. The van der Waals surface area contributed by atoms with E-state index in [1.54, 1.807) is 0 Å². The molecule has 0 fully saturated rings. The standard InChI is InChI=1S/C16H20N4O6/c1-2-3-4-10(7-14(21)19-23)16(22)17-9-15-18-12-8-11(20(24)25)5-6-13(12)26-15/h5-6,8,10,23H,2-4,7,9H2,1H3,(H,17,22)(H,19,21)/t10-/m1/s1. The molecular formula is C16H20N4O6. The lowest BCUT2D eigenvalue weighted by Gasteiger charge is -2.14. The Morgan fingerprint density at radius 2 is 2.19 bits per heavy atom. The van der Waals surface area contributed by atoms with Crippen molar-refractivity contribution < 1.29 is 24.1 Å². The fraction of sp³-hybridized carbons (Fsp3) is 0.438. The average Bonchev–Trinajstić information content (AvgIpc) is 3.04. The Bertz CT molecular complexity index is 803. The smallest absolute Gasteiger partial charge is 0.271 e. The molecule has 0 aliphatic carbocycles. The molecule has 10 nitrogen and oxygen atoms in total. The van der Waals surface area contributed by atoms with E-state index in [-0.39, 0.29) is 30.5 Å². The summed E-state index contributed by atoms with van der Waals surface area (Å²) >= 11 is 0. The number of nitrogens with zero attached hydrogens (tertiary/aromatic N) is 2. The Balaban J connectivity index is 2.02. The third kappa shape index (κ3) is 4.99. The number of non-ortho nitro benzene ring substituents is 1. The Morgan fingerprint density at radius 3 is 2.85 bits per heavy atom. The molecule has 0 aliphatic heterocycles. The number of carbonyl (C=O) groups is 2. The lowest BCUT2D eigenvalue weighted by Crippen LogP contribution is -2.34. The number of rotatable bonds is 9. The number of aromatic nitrogens is 1. The Hall–Kier alpha value is -3.01. The Labute approximate surface area is 148 Å². The van der Waals surface area contributed by atoms with Gasteiger partial charge in [0.1, 0.15) is 5.52 Å². The second kappa shape index (κ2) is 8.90. The Morgan fingerprint density at radius 1 is 1.42 bits per heavy atom. The van der Waals surface area contributed by atoms with Gasteiger partial charge in [0.15, 0.2) is 5.58 Å². The summed E-state index contributed by atoms with van der Waals surface area (Å²) in [6, 6.07) is 4.05. The van der Waals surface area contributed by atoms with Gasteiger partial charge < -0.3 is 9.73 Å². The molecule has 0 saturated heterocycles. The van der Waals surface area contributed by atoms with Gasteiger partial charge in [-0.15, -0.1) is 0 Å². The van der Waals surface area contributed by atoms with Gasteiger partial charge in [0.25, 0.3) is 5.69 Å². The molecular weight excluding hydrogens is 344 g/mol. The van der Waals surface area contributed by atoms with Gasteiger partial charge in [-0.1, -0.05) is 19.8 Å². The monoisotopic (exact) mass is 364 g/mol. The van der Waals surface area contributed by atoms with Crippen LogP contribution < -0.4 is 10.8 Å². The number of hydrogen-bond acceptors (Lipinski definition) is 7. The number of unbranched alkanes of at least 4 members (excludes halogenated alkanes) is 1. The topological polar surface area (TPSA) is 148 Å². The highest BCUT2D eigenvalue weighted by atomic mass is 16.6. The summed E-state index contributed by atoms with van der Waals surface area (Å²) in [5.74, 6) is -1.35. The average molecular weight is 364 g/mol. The highest BCUT2D eigenvalue weighted by Crippen LogP contribution is 2.21. The third-order valence-electron chi connectivity index (χ3n) is 3.87.